The van der Waals surface area contributed by atoms with Gasteiger partial charge in [0.1, 0.15) is 0 Å². The molecule has 2 rings (SSSR count). The zero-order chi connectivity index (χ0) is 12.3. The first-order valence-corrected chi connectivity index (χ1v) is 6.06. The van der Waals surface area contributed by atoms with Crippen molar-refractivity contribution < 1.29 is 4.74 Å². The van der Waals surface area contributed by atoms with Crippen LogP contribution in [0.3, 0.4) is 0 Å². The van der Waals surface area contributed by atoms with E-state index in [0.717, 1.165) is 13.2 Å². The van der Waals surface area contributed by atoms with Crippen molar-refractivity contribution >= 4 is 17.0 Å². The van der Waals surface area contributed by atoms with Crippen LogP contribution < -0.4 is 0 Å². The van der Waals surface area contributed by atoms with E-state index in [1.165, 1.54) is 11.1 Å². The zero-order valence-electron chi connectivity index (χ0n) is 11.0. The first-order valence-electron chi connectivity index (χ1n) is 6.06. The Bertz CT molecular complexity index is 347. The number of ether oxygens (including phenoxy) is 1. The van der Waals surface area contributed by atoms with Gasteiger partial charge in [-0.2, -0.15) is 0 Å². The zero-order valence-corrected chi connectivity index (χ0v) is 12.7. The van der Waals surface area contributed by atoms with E-state index in [1.807, 2.05) is 26.0 Å². The molecule has 0 saturated heterocycles. The predicted octanol–water partition coefficient (Wildman–Crippen LogP) is 4.97. The van der Waals surface area contributed by atoms with Crippen LogP contribution in [0.15, 0.2) is 60.7 Å². The van der Waals surface area contributed by atoms with E-state index in [2.05, 4.69) is 48.5 Å². The van der Waals surface area contributed by atoms with Gasteiger partial charge in [-0.05, 0) is 25.0 Å². The molecule has 0 spiro atoms. The molecule has 0 fully saturated rings. The summed E-state index contributed by atoms with van der Waals surface area (Å²) in [5, 5.41) is 0. The van der Waals surface area contributed by atoms with Gasteiger partial charge in [-0.3, -0.25) is 0 Å². The second-order valence-electron chi connectivity index (χ2n) is 3.51. The molecular weight excluding hydrogens is 288 g/mol. The van der Waals surface area contributed by atoms with Crippen molar-refractivity contribution in [2.75, 3.05) is 13.2 Å². The third-order valence-electron chi connectivity index (χ3n) is 2.29. The Kier molecular flexibility index (Phi) is 10.3. The van der Waals surface area contributed by atoms with Crippen molar-refractivity contribution in [1.82, 2.24) is 0 Å². The Morgan fingerprint density at radius 3 is 1.22 bits per heavy atom. The minimum absolute atomic E-state index is 0. The van der Waals surface area contributed by atoms with E-state index in [4.69, 9.17) is 4.74 Å². The molecule has 0 unspecified atom stereocenters. The molecule has 2 aromatic rings. The van der Waals surface area contributed by atoms with Crippen molar-refractivity contribution in [3.63, 3.8) is 0 Å². The van der Waals surface area contributed by atoms with Crippen LogP contribution in [0.4, 0.5) is 0 Å². The molecule has 2 heteroatoms. The molecule has 0 aliphatic carbocycles. The largest absolute Gasteiger partial charge is 0.382 e. The molecular formula is C16H21BrO. The van der Waals surface area contributed by atoms with Crippen LogP contribution in [0, 0.1) is 0 Å². The molecule has 1 nitrogen and oxygen atoms in total. The number of benzene rings is 2. The van der Waals surface area contributed by atoms with Gasteiger partial charge >= 0.3 is 0 Å². The van der Waals surface area contributed by atoms with Gasteiger partial charge in [0, 0.05) is 13.2 Å². The van der Waals surface area contributed by atoms with E-state index in [1.54, 1.807) is 0 Å². The standard InChI is InChI=1S/C12H10.C4H10O.BrH/c1-3-7-11(8-4-1)12-9-5-2-6-10-12;1-3-5-4-2;/h1-10H;3-4H2,1-2H3;1H. The Morgan fingerprint density at radius 2 is 1.00 bits per heavy atom. The van der Waals surface area contributed by atoms with Crippen molar-refractivity contribution in [1.29, 1.82) is 0 Å². The maximum Gasteiger partial charge on any atom is 0.0437 e. The number of hydrogen-bond donors (Lipinski definition) is 0. The molecule has 0 aromatic heterocycles. The van der Waals surface area contributed by atoms with Gasteiger partial charge in [0.25, 0.3) is 0 Å². The van der Waals surface area contributed by atoms with Crippen LogP contribution >= 0.6 is 17.0 Å². The number of hydrogen-bond acceptors (Lipinski definition) is 1. The molecule has 18 heavy (non-hydrogen) atoms. The SMILES string of the molecule is Br.CCOCC.c1ccc(-c2ccccc2)cc1. The Morgan fingerprint density at radius 1 is 0.667 bits per heavy atom. The first-order chi connectivity index (χ1) is 8.38. The molecule has 0 amide bonds. The van der Waals surface area contributed by atoms with Crippen LogP contribution in [0.1, 0.15) is 13.8 Å². The minimum Gasteiger partial charge on any atom is -0.382 e. The predicted molar refractivity (Wildman–Crippen MR) is 84.4 cm³/mol. The van der Waals surface area contributed by atoms with Crippen LogP contribution in [0.2, 0.25) is 0 Å². The van der Waals surface area contributed by atoms with Gasteiger partial charge < -0.3 is 4.74 Å². The molecule has 0 aliphatic rings. The molecule has 0 heterocycles. The van der Waals surface area contributed by atoms with Crippen LogP contribution in [-0.2, 0) is 4.74 Å². The fourth-order valence-electron chi connectivity index (χ4n) is 1.47. The normalized spacial score (nSPS) is 8.78. The Labute approximate surface area is 121 Å². The van der Waals surface area contributed by atoms with Gasteiger partial charge in [-0.15, -0.1) is 17.0 Å². The third kappa shape index (κ3) is 6.58. The average molecular weight is 309 g/mol. The Balaban J connectivity index is 0.000000421. The highest BCUT2D eigenvalue weighted by molar-refractivity contribution is 8.93. The molecule has 2 aromatic carbocycles. The highest BCUT2D eigenvalue weighted by Gasteiger charge is 1.91. The highest BCUT2D eigenvalue weighted by Crippen LogP contribution is 2.17. The highest BCUT2D eigenvalue weighted by atomic mass is 79.9. The lowest BCUT2D eigenvalue weighted by Gasteiger charge is -1.98. The maximum atomic E-state index is 4.83. The smallest absolute Gasteiger partial charge is 0.0437 e. The summed E-state index contributed by atoms with van der Waals surface area (Å²) < 4.78 is 4.83. The summed E-state index contributed by atoms with van der Waals surface area (Å²) in [6, 6.07) is 20.8. The molecule has 0 saturated carbocycles. The monoisotopic (exact) mass is 308 g/mol. The van der Waals surface area contributed by atoms with E-state index < -0.39 is 0 Å². The summed E-state index contributed by atoms with van der Waals surface area (Å²) in [4.78, 5) is 0. The second-order valence-corrected chi connectivity index (χ2v) is 3.51. The molecule has 0 bridgehead atoms. The van der Waals surface area contributed by atoms with Crippen LogP contribution in [0.5, 0.6) is 0 Å². The lowest BCUT2D eigenvalue weighted by Crippen LogP contribution is -1.84. The fourth-order valence-corrected chi connectivity index (χ4v) is 1.47. The van der Waals surface area contributed by atoms with Crippen molar-refractivity contribution in [3.05, 3.63) is 60.7 Å². The summed E-state index contributed by atoms with van der Waals surface area (Å²) >= 11 is 0. The van der Waals surface area contributed by atoms with Crippen molar-refractivity contribution in [3.8, 4) is 11.1 Å². The van der Waals surface area contributed by atoms with Gasteiger partial charge in [0.05, 0.1) is 0 Å². The first kappa shape index (κ1) is 16.9. The summed E-state index contributed by atoms with van der Waals surface area (Å²) in [5.41, 5.74) is 2.55. The van der Waals surface area contributed by atoms with Crippen molar-refractivity contribution in [2.24, 2.45) is 0 Å². The quantitative estimate of drug-likeness (QED) is 0.777. The van der Waals surface area contributed by atoms with Crippen LogP contribution in [0.25, 0.3) is 11.1 Å². The summed E-state index contributed by atoms with van der Waals surface area (Å²) in [6.07, 6.45) is 0. The van der Waals surface area contributed by atoms with E-state index in [-0.39, 0.29) is 17.0 Å². The lowest BCUT2D eigenvalue weighted by atomic mass is 10.1. The summed E-state index contributed by atoms with van der Waals surface area (Å²) in [6.45, 7) is 5.67. The average Bonchev–Trinajstić information content (AvgIpc) is 2.42. The summed E-state index contributed by atoms with van der Waals surface area (Å²) in [5.74, 6) is 0. The van der Waals surface area contributed by atoms with Gasteiger partial charge in [0.15, 0.2) is 0 Å². The fraction of sp³-hybridized carbons (Fsp3) is 0.250. The molecule has 0 radical (unpaired) electrons. The molecule has 98 valence electrons. The van der Waals surface area contributed by atoms with E-state index in [0.29, 0.717) is 0 Å². The maximum absolute atomic E-state index is 4.83. The number of rotatable bonds is 3. The minimum atomic E-state index is 0. The van der Waals surface area contributed by atoms with Gasteiger partial charge in [-0.1, -0.05) is 60.7 Å². The van der Waals surface area contributed by atoms with Crippen molar-refractivity contribution in [2.45, 2.75) is 13.8 Å². The summed E-state index contributed by atoms with van der Waals surface area (Å²) in [7, 11) is 0. The molecule has 0 atom stereocenters. The van der Waals surface area contributed by atoms with E-state index >= 15 is 0 Å². The molecule has 0 N–H and O–H groups in total. The third-order valence-corrected chi connectivity index (χ3v) is 2.29. The topological polar surface area (TPSA) is 9.23 Å². The van der Waals surface area contributed by atoms with E-state index in [9.17, 15) is 0 Å². The lowest BCUT2D eigenvalue weighted by molar-refractivity contribution is 0.162. The Hall–Kier alpha value is -1.12. The van der Waals surface area contributed by atoms with Gasteiger partial charge in [-0.25, -0.2) is 0 Å². The number of halogens is 1. The van der Waals surface area contributed by atoms with Gasteiger partial charge in [0.2, 0.25) is 0 Å². The van der Waals surface area contributed by atoms with Crippen LogP contribution in [-0.4, -0.2) is 13.2 Å². The second kappa shape index (κ2) is 11.0. The molecule has 0 aliphatic heterocycles.